The molecule has 3 rings (SSSR count). The Kier molecular flexibility index (Phi) is 8.88. The first-order valence-electron chi connectivity index (χ1n) is 8.51. The third-order valence-electron chi connectivity index (χ3n) is 4.35. The van der Waals surface area contributed by atoms with Crippen LogP contribution in [0.1, 0.15) is 18.4 Å². The van der Waals surface area contributed by atoms with Crippen LogP contribution in [-0.2, 0) is 17.5 Å². The molecular formula is C17H22Cl2F3N5O2. The Labute approximate surface area is 178 Å². The summed E-state index contributed by atoms with van der Waals surface area (Å²) in [6.07, 6.45) is -4.43. The number of carbonyl (C=O) groups excluding carboxylic acids is 1. The van der Waals surface area contributed by atoms with Crippen LogP contribution in [0.5, 0.6) is 0 Å². The zero-order valence-corrected chi connectivity index (χ0v) is 17.2. The number of hydrogen-bond donors (Lipinski definition) is 1. The van der Waals surface area contributed by atoms with Crippen LogP contribution in [0.3, 0.4) is 0 Å². The third kappa shape index (κ3) is 6.30. The number of piperazine rings is 1. The first-order chi connectivity index (χ1) is 12.7. The van der Waals surface area contributed by atoms with Crippen LogP contribution in [0.4, 0.5) is 13.2 Å². The number of amides is 1. The summed E-state index contributed by atoms with van der Waals surface area (Å²) in [6, 6.07) is 4.27. The molecule has 2 aromatic rings. The topological polar surface area (TPSA) is 88.5 Å². The zero-order chi connectivity index (χ0) is 19.6. The normalized spacial score (nSPS) is 16.0. The second-order valence-corrected chi connectivity index (χ2v) is 6.48. The van der Waals surface area contributed by atoms with E-state index in [0.29, 0.717) is 38.6 Å². The number of halogens is 5. The number of alkyl halides is 3. The molecule has 1 aromatic heterocycles. The summed E-state index contributed by atoms with van der Waals surface area (Å²) < 4.78 is 43.7. The summed E-state index contributed by atoms with van der Waals surface area (Å²) in [5.74, 6) is 0.343. The molecular weight excluding hydrogens is 434 g/mol. The van der Waals surface area contributed by atoms with E-state index >= 15 is 0 Å². The number of nitrogens with two attached hydrogens (primary N) is 1. The van der Waals surface area contributed by atoms with Gasteiger partial charge in [-0.15, -0.1) is 24.8 Å². The first-order valence-corrected chi connectivity index (χ1v) is 8.51. The second-order valence-electron chi connectivity index (χ2n) is 6.48. The molecule has 29 heavy (non-hydrogen) atoms. The van der Waals surface area contributed by atoms with Gasteiger partial charge in [0.25, 0.3) is 0 Å². The van der Waals surface area contributed by atoms with Gasteiger partial charge in [0.05, 0.1) is 18.2 Å². The summed E-state index contributed by atoms with van der Waals surface area (Å²) in [4.78, 5) is 19.8. The van der Waals surface area contributed by atoms with Crippen LogP contribution in [0.15, 0.2) is 28.8 Å². The highest BCUT2D eigenvalue weighted by molar-refractivity contribution is 5.85. The van der Waals surface area contributed by atoms with E-state index in [0.717, 1.165) is 12.1 Å². The molecule has 2 N–H and O–H groups in total. The van der Waals surface area contributed by atoms with Crippen LogP contribution in [0.25, 0.3) is 11.4 Å². The summed E-state index contributed by atoms with van der Waals surface area (Å²) in [6.45, 7) is 4.37. The van der Waals surface area contributed by atoms with Crippen molar-refractivity contribution >= 4 is 30.7 Å². The van der Waals surface area contributed by atoms with Gasteiger partial charge in [0.15, 0.2) is 0 Å². The molecule has 1 amide bonds. The molecule has 2 heterocycles. The van der Waals surface area contributed by atoms with Crippen molar-refractivity contribution in [3.05, 3.63) is 35.7 Å². The van der Waals surface area contributed by atoms with E-state index < -0.39 is 17.8 Å². The average molecular weight is 456 g/mol. The fourth-order valence-corrected chi connectivity index (χ4v) is 2.88. The van der Waals surface area contributed by atoms with Gasteiger partial charge in [-0.2, -0.15) is 18.2 Å². The van der Waals surface area contributed by atoms with E-state index in [-0.39, 0.29) is 42.1 Å². The van der Waals surface area contributed by atoms with Gasteiger partial charge >= 0.3 is 6.18 Å². The van der Waals surface area contributed by atoms with Crippen molar-refractivity contribution < 1.29 is 22.5 Å². The second kappa shape index (κ2) is 10.2. The predicted molar refractivity (Wildman–Crippen MR) is 105 cm³/mol. The van der Waals surface area contributed by atoms with Gasteiger partial charge in [0.2, 0.25) is 17.6 Å². The van der Waals surface area contributed by atoms with E-state index in [1.165, 1.54) is 12.1 Å². The van der Waals surface area contributed by atoms with Gasteiger partial charge in [0, 0.05) is 31.7 Å². The largest absolute Gasteiger partial charge is 0.416 e. The smallest absolute Gasteiger partial charge is 0.339 e. The number of hydrogen-bond acceptors (Lipinski definition) is 6. The lowest BCUT2D eigenvalue weighted by Crippen LogP contribution is -2.52. The van der Waals surface area contributed by atoms with Crippen LogP contribution < -0.4 is 5.73 Å². The first kappa shape index (κ1) is 25.2. The van der Waals surface area contributed by atoms with Crippen molar-refractivity contribution in [3.8, 4) is 11.4 Å². The van der Waals surface area contributed by atoms with Crippen LogP contribution in [0.2, 0.25) is 0 Å². The molecule has 12 heteroatoms. The maximum absolute atomic E-state index is 12.8. The van der Waals surface area contributed by atoms with E-state index in [1.54, 1.807) is 11.8 Å². The highest BCUT2D eigenvalue weighted by atomic mass is 35.5. The van der Waals surface area contributed by atoms with Crippen molar-refractivity contribution in [1.82, 2.24) is 19.9 Å². The van der Waals surface area contributed by atoms with Crippen molar-refractivity contribution in [2.45, 2.75) is 25.7 Å². The average Bonchev–Trinajstić information content (AvgIpc) is 3.09. The molecule has 1 aliphatic rings. The highest BCUT2D eigenvalue weighted by Crippen LogP contribution is 2.31. The summed E-state index contributed by atoms with van der Waals surface area (Å²) in [5, 5.41) is 3.78. The Hall–Kier alpha value is -1.88. The highest BCUT2D eigenvalue weighted by Gasteiger charge is 2.31. The molecule has 1 aliphatic heterocycles. The van der Waals surface area contributed by atoms with Crippen molar-refractivity contribution in [2.75, 3.05) is 26.2 Å². The third-order valence-corrected chi connectivity index (χ3v) is 4.35. The van der Waals surface area contributed by atoms with Gasteiger partial charge in [-0.25, -0.2) is 0 Å². The Morgan fingerprint density at radius 2 is 1.90 bits per heavy atom. The van der Waals surface area contributed by atoms with E-state index in [2.05, 4.69) is 10.1 Å². The Morgan fingerprint density at radius 1 is 1.24 bits per heavy atom. The predicted octanol–water partition coefficient (Wildman–Crippen LogP) is 2.59. The molecule has 0 spiro atoms. The van der Waals surface area contributed by atoms with Crippen LogP contribution in [0, 0.1) is 0 Å². The number of aromatic nitrogens is 2. The fourth-order valence-electron chi connectivity index (χ4n) is 2.88. The maximum Gasteiger partial charge on any atom is 0.416 e. The molecule has 1 fully saturated rings. The van der Waals surface area contributed by atoms with E-state index in [9.17, 15) is 18.0 Å². The molecule has 0 radical (unpaired) electrons. The van der Waals surface area contributed by atoms with Crippen LogP contribution in [-0.4, -0.2) is 58.1 Å². The van der Waals surface area contributed by atoms with Crippen molar-refractivity contribution in [3.63, 3.8) is 0 Å². The SMILES string of the molecule is C[C@@H](N)C(=O)N1CCN(Cc2nc(-c3cccc(C(F)(F)F)c3)no2)CC1.Cl.Cl. The summed E-state index contributed by atoms with van der Waals surface area (Å²) >= 11 is 0. The summed E-state index contributed by atoms with van der Waals surface area (Å²) in [5.41, 5.74) is 5.09. The summed E-state index contributed by atoms with van der Waals surface area (Å²) in [7, 11) is 0. The number of rotatable bonds is 4. The zero-order valence-electron chi connectivity index (χ0n) is 15.6. The Balaban J connectivity index is 0.00000210. The Bertz CT molecular complexity index is 808. The molecule has 0 unspecified atom stereocenters. The van der Waals surface area contributed by atoms with Gasteiger partial charge in [-0.1, -0.05) is 17.3 Å². The lowest BCUT2D eigenvalue weighted by molar-refractivity contribution is -0.137. The minimum atomic E-state index is -4.43. The molecule has 1 saturated heterocycles. The lowest BCUT2D eigenvalue weighted by Gasteiger charge is -2.34. The fraction of sp³-hybridized carbons (Fsp3) is 0.471. The Morgan fingerprint density at radius 3 is 2.48 bits per heavy atom. The number of benzene rings is 1. The molecule has 1 atom stereocenters. The molecule has 0 saturated carbocycles. The monoisotopic (exact) mass is 455 g/mol. The quantitative estimate of drug-likeness (QED) is 0.761. The minimum Gasteiger partial charge on any atom is -0.339 e. The van der Waals surface area contributed by atoms with E-state index in [1.807, 2.05) is 4.90 Å². The van der Waals surface area contributed by atoms with Crippen molar-refractivity contribution in [2.24, 2.45) is 5.73 Å². The molecule has 0 aliphatic carbocycles. The standard InChI is InChI=1S/C17H20F3N5O2.2ClH/c1-11(21)16(26)25-7-5-24(6-8-25)10-14-22-15(23-27-14)12-3-2-4-13(9-12)17(18,19)20;;/h2-4,9,11H,5-8,10,21H2,1H3;2*1H/t11-;;/m1../s1. The number of nitrogens with zero attached hydrogens (tertiary/aromatic N) is 4. The molecule has 7 nitrogen and oxygen atoms in total. The van der Waals surface area contributed by atoms with Gasteiger partial charge in [-0.05, 0) is 19.1 Å². The van der Waals surface area contributed by atoms with Gasteiger partial charge in [0.1, 0.15) is 0 Å². The number of carbonyl (C=O) groups is 1. The van der Waals surface area contributed by atoms with E-state index in [4.69, 9.17) is 10.3 Å². The van der Waals surface area contributed by atoms with Crippen LogP contribution >= 0.6 is 24.8 Å². The maximum atomic E-state index is 12.8. The molecule has 0 bridgehead atoms. The molecule has 1 aromatic carbocycles. The minimum absolute atomic E-state index is 0. The van der Waals surface area contributed by atoms with Crippen molar-refractivity contribution in [1.29, 1.82) is 0 Å². The lowest BCUT2D eigenvalue weighted by atomic mass is 10.1. The van der Waals surface area contributed by atoms with Gasteiger partial charge < -0.3 is 15.2 Å². The molecule has 162 valence electrons. The van der Waals surface area contributed by atoms with Gasteiger partial charge in [-0.3, -0.25) is 9.69 Å².